The van der Waals surface area contributed by atoms with Crippen LogP contribution in [0.2, 0.25) is 0 Å². The number of aromatic nitrogens is 1. The van der Waals surface area contributed by atoms with E-state index in [-0.39, 0.29) is 17.9 Å². The van der Waals surface area contributed by atoms with Crippen LogP contribution >= 0.6 is 0 Å². The van der Waals surface area contributed by atoms with Crippen LogP contribution in [0, 0.1) is 0 Å². The van der Waals surface area contributed by atoms with Crippen LogP contribution in [0.3, 0.4) is 0 Å². The second-order valence-electron chi connectivity index (χ2n) is 8.80. The molecule has 0 aliphatic carbocycles. The van der Waals surface area contributed by atoms with Crippen LogP contribution in [0.15, 0.2) is 48.7 Å². The van der Waals surface area contributed by atoms with Crippen LogP contribution < -0.4 is 14.8 Å². The van der Waals surface area contributed by atoms with E-state index in [1.807, 2.05) is 36.5 Å². The van der Waals surface area contributed by atoms with Crippen molar-refractivity contribution < 1.29 is 14.3 Å². The lowest BCUT2D eigenvalue weighted by Gasteiger charge is -2.22. The summed E-state index contributed by atoms with van der Waals surface area (Å²) >= 11 is 0. The van der Waals surface area contributed by atoms with Crippen molar-refractivity contribution in [1.29, 1.82) is 0 Å². The molecule has 1 aromatic heterocycles. The number of hydrogen-bond acceptors (Lipinski definition) is 4. The lowest BCUT2D eigenvalue weighted by molar-refractivity contribution is -0.121. The summed E-state index contributed by atoms with van der Waals surface area (Å²) in [5, 5.41) is 4.35. The first-order valence-electron chi connectivity index (χ1n) is 12.3. The topological polar surface area (TPSA) is 66.6 Å². The molecule has 0 saturated carbocycles. The number of para-hydroxylation sites is 1. The molecule has 2 aromatic carbocycles. The van der Waals surface area contributed by atoms with Crippen molar-refractivity contribution in [3.05, 3.63) is 59.8 Å². The van der Waals surface area contributed by atoms with Gasteiger partial charge in [-0.15, -0.1) is 0 Å². The molecule has 0 radical (unpaired) electrons. The number of rotatable bonds is 13. The van der Waals surface area contributed by atoms with Crippen molar-refractivity contribution in [2.75, 3.05) is 33.9 Å². The van der Waals surface area contributed by atoms with Gasteiger partial charge in [-0.2, -0.15) is 0 Å². The summed E-state index contributed by atoms with van der Waals surface area (Å²) in [4.78, 5) is 18.9. The highest BCUT2D eigenvalue weighted by Gasteiger charge is 2.23. The maximum absolute atomic E-state index is 13.2. The smallest absolute Gasteiger partial charge is 0.221 e. The molecule has 34 heavy (non-hydrogen) atoms. The largest absolute Gasteiger partial charge is 0.493 e. The molecule has 0 spiro atoms. The Bertz CT molecular complexity index is 1060. The van der Waals surface area contributed by atoms with Crippen molar-refractivity contribution in [2.45, 2.75) is 52.0 Å². The normalized spacial score (nSPS) is 13.1. The molecule has 2 atom stereocenters. The minimum atomic E-state index is -0.112. The van der Waals surface area contributed by atoms with Crippen molar-refractivity contribution in [3.63, 3.8) is 0 Å². The lowest BCUT2D eigenvalue weighted by atomic mass is 9.87. The number of nitrogens with zero attached hydrogens (tertiary/aromatic N) is 1. The van der Waals surface area contributed by atoms with Crippen molar-refractivity contribution in [3.8, 4) is 11.5 Å². The van der Waals surface area contributed by atoms with Gasteiger partial charge >= 0.3 is 0 Å². The van der Waals surface area contributed by atoms with Crippen LogP contribution in [0.1, 0.15) is 57.1 Å². The molecular formula is C28H39N3O3. The number of benzene rings is 2. The monoisotopic (exact) mass is 465 g/mol. The molecule has 1 heterocycles. The van der Waals surface area contributed by atoms with E-state index >= 15 is 0 Å². The number of fused-ring (bicyclic) bond motifs is 1. The fourth-order valence-electron chi connectivity index (χ4n) is 4.61. The Labute approximate surface area is 203 Å². The molecule has 184 valence electrons. The summed E-state index contributed by atoms with van der Waals surface area (Å²) in [6.45, 7) is 9.67. The van der Waals surface area contributed by atoms with Crippen LogP contribution in [-0.4, -0.2) is 55.7 Å². The Hall–Kier alpha value is -2.99. The average Bonchev–Trinajstić information content (AvgIpc) is 3.28. The third kappa shape index (κ3) is 6.32. The number of H-pyrrole nitrogens is 1. The van der Waals surface area contributed by atoms with E-state index in [0.717, 1.165) is 54.5 Å². The first-order chi connectivity index (χ1) is 16.5. The number of ether oxygens (including phenoxy) is 2. The molecule has 2 unspecified atom stereocenters. The van der Waals surface area contributed by atoms with E-state index in [9.17, 15) is 4.79 Å². The summed E-state index contributed by atoms with van der Waals surface area (Å²) in [6.07, 6.45) is 4.42. The van der Waals surface area contributed by atoms with Gasteiger partial charge in [-0.1, -0.05) is 38.1 Å². The lowest BCUT2D eigenvalue weighted by Crippen LogP contribution is -2.34. The van der Waals surface area contributed by atoms with Gasteiger partial charge in [-0.25, -0.2) is 0 Å². The summed E-state index contributed by atoms with van der Waals surface area (Å²) in [6, 6.07) is 14.2. The third-order valence-electron chi connectivity index (χ3n) is 6.61. The van der Waals surface area contributed by atoms with Gasteiger partial charge in [0.25, 0.3) is 0 Å². The van der Waals surface area contributed by atoms with E-state index in [1.165, 1.54) is 0 Å². The highest BCUT2D eigenvalue weighted by Crippen LogP contribution is 2.37. The predicted octanol–water partition coefficient (Wildman–Crippen LogP) is 5.33. The number of carbonyl (C=O) groups excluding carboxylic acids is 1. The van der Waals surface area contributed by atoms with E-state index in [2.05, 4.69) is 48.1 Å². The van der Waals surface area contributed by atoms with Gasteiger partial charge in [0.15, 0.2) is 11.5 Å². The number of methoxy groups -OCH3 is 2. The SMILES string of the molecule is CCN(CC)CCCC(C)NC(=O)CC(c1ccc(OC)c(OC)c1)c1c[nH]c2ccccc12. The van der Waals surface area contributed by atoms with Gasteiger partial charge in [0.05, 0.1) is 14.2 Å². The predicted molar refractivity (Wildman–Crippen MR) is 139 cm³/mol. The molecule has 0 bridgehead atoms. The number of carbonyl (C=O) groups is 1. The first kappa shape index (κ1) is 25.6. The molecule has 6 nitrogen and oxygen atoms in total. The highest BCUT2D eigenvalue weighted by atomic mass is 16.5. The molecule has 6 heteroatoms. The number of amides is 1. The molecule has 3 aromatic rings. The van der Waals surface area contributed by atoms with E-state index in [4.69, 9.17) is 9.47 Å². The van der Waals surface area contributed by atoms with Gasteiger partial charge in [0, 0.05) is 35.5 Å². The Balaban J connectivity index is 1.79. The Morgan fingerprint density at radius 1 is 1.06 bits per heavy atom. The molecular weight excluding hydrogens is 426 g/mol. The Kier molecular flexibility index (Phi) is 9.40. The van der Waals surface area contributed by atoms with Gasteiger partial charge in [-0.3, -0.25) is 4.79 Å². The Morgan fingerprint density at radius 2 is 1.79 bits per heavy atom. The maximum Gasteiger partial charge on any atom is 0.221 e. The van der Waals surface area contributed by atoms with E-state index < -0.39 is 0 Å². The summed E-state index contributed by atoms with van der Waals surface area (Å²) < 4.78 is 11.0. The maximum atomic E-state index is 13.2. The summed E-state index contributed by atoms with van der Waals surface area (Å²) in [5.74, 6) is 1.28. The molecule has 3 rings (SSSR count). The molecule has 0 fully saturated rings. The zero-order valence-corrected chi connectivity index (χ0v) is 21.2. The van der Waals surface area contributed by atoms with Gasteiger partial charge in [0.1, 0.15) is 0 Å². The van der Waals surface area contributed by atoms with E-state index in [0.29, 0.717) is 17.9 Å². The summed E-state index contributed by atoms with van der Waals surface area (Å²) in [5.41, 5.74) is 3.19. The van der Waals surface area contributed by atoms with Crippen LogP contribution in [0.4, 0.5) is 0 Å². The molecule has 2 N–H and O–H groups in total. The van der Waals surface area contributed by atoms with Crippen LogP contribution in [0.5, 0.6) is 11.5 Å². The Morgan fingerprint density at radius 3 is 2.50 bits per heavy atom. The second-order valence-corrected chi connectivity index (χ2v) is 8.80. The second kappa shape index (κ2) is 12.5. The zero-order chi connectivity index (χ0) is 24.5. The third-order valence-corrected chi connectivity index (χ3v) is 6.61. The average molecular weight is 466 g/mol. The van der Waals surface area contributed by atoms with Crippen molar-refractivity contribution >= 4 is 16.8 Å². The van der Waals surface area contributed by atoms with Crippen molar-refractivity contribution in [2.24, 2.45) is 0 Å². The summed E-state index contributed by atoms with van der Waals surface area (Å²) in [7, 11) is 3.26. The molecule has 0 aliphatic heterocycles. The number of hydrogen-bond donors (Lipinski definition) is 2. The number of aromatic amines is 1. The molecule has 0 aliphatic rings. The minimum Gasteiger partial charge on any atom is -0.493 e. The fourth-order valence-corrected chi connectivity index (χ4v) is 4.61. The van der Waals surface area contributed by atoms with E-state index in [1.54, 1.807) is 14.2 Å². The van der Waals surface area contributed by atoms with Crippen LogP contribution in [-0.2, 0) is 4.79 Å². The van der Waals surface area contributed by atoms with Gasteiger partial charge in [-0.05, 0) is 68.7 Å². The van der Waals surface area contributed by atoms with Gasteiger partial charge in [0.2, 0.25) is 5.91 Å². The van der Waals surface area contributed by atoms with Crippen LogP contribution in [0.25, 0.3) is 10.9 Å². The first-order valence-corrected chi connectivity index (χ1v) is 12.3. The zero-order valence-electron chi connectivity index (χ0n) is 21.2. The van der Waals surface area contributed by atoms with Gasteiger partial charge < -0.3 is 24.7 Å². The molecule has 1 amide bonds. The molecule has 0 saturated heterocycles. The fraction of sp³-hybridized carbons (Fsp3) is 0.464. The highest BCUT2D eigenvalue weighted by molar-refractivity contribution is 5.86. The standard InChI is InChI=1S/C28H39N3O3/c1-6-31(7-2)16-10-11-20(3)30-28(32)18-23(21-14-15-26(33-4)27(17-21)34-5)24-19-29-25-13-9-8-12-22(24)25/h8-9,12-15,17,19-20,23,29H,6-7,10-11,16,18H2,1-5H3,(H,30,32). The number of nitrogens with one attached hydrogen (secondary N) is 2. The quantitative estimate of drug-likeness (QED) is 0.358. The minimum absolute atomic E-state index is 0.0559. The van der Waals surface area contributed by atoms with Crippen molar-refractivity contribution in [1.82, 2.24) is 15.2 Å².